The van der Waals surface area contributed by atoms with E-state index in [1.54, 1.807) is 11.1 Å². The Kier molecular flexibility index (Phi) is 2.00. The Bertz CT molecular complexity index is 453. The van der Waals surface area contributed by atoms with Crippen molar-refractivity contribution in [2.24, 2.45) is 5.92 Å². The second-order valence-corrected chi connectivity index (χ2v) is 6.27. The van der Waals surface area contributed by atoms with Crippen LogP contribution in [0.5, 0.6) is 0 Å². The Hall–Kier alpha value is -0.820. The quantitative estimate of drug-likeness (QED) is 0.655. The molecule has 90 valence electrons. The molecular weight excluding hydrogens is 206 g/mol. The molecule has 2 fully saturated rings. The number of nitrogens with zero attached hydrogens (tertiary/aromatic N) is 1. The minimum atomic E-state index is 0.406. The van der Waals surface area contributed by atoms with E-state index in [4.69, 9.17) is 0 Å². The summed E-state index contributed by atoms with van der Waals surface area (Å²) in [5.41, 5.74) is 3.75. The van der Waals surface area contributed by atoms with Crippen molar-refractivity contribution in [2.45, 2.75) is 43.6 Å². The third-order valence-electron chi connectivity index (χ3n) is 5.65. The lowest BCUT2D eigenvalue weighted by Crippen LogP contribution is -2.60. The van der Waals surface area contributed by atoms with Crippen LogP contribution in [0.3, 0.4) is 0 Å². The minimum absolute atomic E-state index is 0.406. The zero-order valence-corrected chi connectivity index (χ0v) is 10.7. The van der Waals surface area contributed by atoms with Crippen molar-refractivity contribution in [3.05, 3.63) is 35.4 Å². The highest BCUT2D eigenvalue weighted by Gasteiger charge is 2.54. The van der Waals surface area contributed by atoms with Crippen LogP contribution in [-0.4, -0.2) is 18.5 Å². The first-order chi connectivity index (χ1) is 8.32. The fourth-order valence-corrected chi connectivity index (χ4v) is 4.99. The summed E-state index contributed by atoms with van der Waals surface area (Å²) in [5, 5.41) is 0. The fraction of sp³-hybridized carbons (Fsp3) is 0.625. The molecule has 2 heterocycles. The third-order valence-corrected chi connectivity index (χ3v) is 5.65. The maximum atomic E-state index is 2.69. The average molecular weight is 227 g/mol. The van der Waals surface area contributed by atoms with Crippen molar-refractivity contribution >= 4 is 0 Å². The summed E-state index contributed by atoms with van der Waals surface area (Å²) in [6, 6.07) is 9.27. The number of rotatable bonds is 0. The molecule has 0 aromatic heterocycles. The molecule has 0 radical (unpaired) electrons. The predicted octanol–water partition coefficient (Wildman–Crippen LogP) is 3.50. The van der Waals surface area contributed by atoms with Crippen molar-refractivity contribution in [1.29, 1.82) is 0 Å². The molecule has 1 heteroatoms. The van der Waals surface area contributed by atoms with Crippen LogP contribution in [-0.2, 0) is 5.54 Å². The Morgan fingerprint density at radius 1 is 1.24 bits per heavy atom. The van der Waals surface area contributed by atoms with Crippen molar-refractivity contribution in [2.75, 3.05) is 13.6 Å². The molecule has 1 nitrogen and oxygen atoms in total. The first-order valence-electron chi connectivity index (χ1n) is 7.13. The fourth-order valence-electron chi connectivity index (χ4n) is 4.99. The number of piperidine rings is 1. The summed E-state index contributed by atoms with van der Waals surface area (Å²) in [4.78, 5) is 2.69. The van der Waals surface area contributed by atoms with Crippen LogP contribution in [0.15, 0.2) is 24.3 Å². The molecule has 2 aliphatic carbocycles. The molecule has 1 spiro atoms. The van der Waals surface area contributed by atoms with Crippen LogP contribution in [0.2, 0.25) is 0 Å². The van der Waals surface area contributed by atoms with Gasteiger partial charge < -0.3 is 0 Å². The lowest BCUT2D eigenvalue weighted by atomic mass is 9.56. The SMILES string of the molecule is CN1CC2CC3CCCCC31c1ccccc12. The lowest BCUT2D eigenvalue weighted by molar-refractivity contribution is -0.0472. The van der Waals surface area contributed by atoms with E-state index in [0.717, 1.165) is 11.8 Å². The number of likely N-dealkylation sites (N-methyl/N-ethyl adjacent to an activating group) is 1. The molecule has 1 aromatic rings. The van der Waals surface area contributed by atoms with Crippen molar-refractivity contribution in [3.8, 4) is 0 Å². The second kappa shape index (κ2) is 3.35. The highest BCUT2D eigenvalue weighted by molar-refractivity contribution is 5.43. The lowest BCUT2D eigenvalue weighted by Gasteiger charge is -2.60. The molecule has 1 saturated carbocycles. The number of fused-ring (bicyclic) bond motifs is 1. The molecule has 0 amide bonds. The van der Waals surface area contributed by atoms with E-state index in [1.165, 1.54) is 38.6 Å². The van der Waals surface area contributed by atoms with E-state index >= 15 is 0 Å². The van der Waals surface area contributed by atoms with E-state index in [1.807, 2.05) is 0 Å². The van der Waals surface area contributed by atoms with Crippen LogP contribution < -0.4 is 0 Å². The molecule has 1 aromatic carbocycles. The van der Waals surface area contributed by atoms with Gasteiger partial charge in [-0.2, -0.15) is 0 Å². The zero-order chi connectivity index (χ0) is 11.5. The predicted molar refractivity (Wildman–Crippen MR) is 70.1 cm³/mol. The van der Waals surface area contributed by atoms with Crippen LogP contribution >= 0.6 is 0 Å². The van der Waals surface area contributed by atoms with Gasteiger partial charge in [0.15, 0.2) is 0 Å². The highest BCUT2D eigenvalue weighted by Crippen LogP contribution is 2.58. The largest absolute Gasteiger partial charge is 0.296 e. The summed E-state index contributed by atoms with van der Waals surface area (Å²) in [6.07, 6.45) is 7.16. The molecule has 17 heavy (non-hydrogen) atoms. The molecule has 4 aliphatic rings. The van der Waals surface area contributed by atoms with Gasteiger partial charge in [-0.1, -0.05) is 37.1 Å². The number of hydrogen-bond donors (Lipinski definition) is 0. The molecule has 0 N–H and O–H groups in total. The summed E-state index contributed by atoms with van der Waals surface area (Å²) >= 11 is 0. The Morgan fingerprint density at radius 2 is 2.12 bits per heavy atom. The Morgan fingerprint density at radius 3 is 3.06 bits per heavy atom. The van der Waals surface area contributed by atoms with E-state index < -0.39 is 0 Å². The molecule has 2 bridgehead atoms. The van der Waals surface area contributed by atoms with Gasteiger partial charge in [-0.3, -0.25) is 4.90 Å². The number of hydrogen-bond acceptors (Lipinski definition) is 1. The van der Waals surface area contributed by atoms with Gasteiger partial charge in [-0.25, -0.2) is 0 Å². The Labute approximate surface area is 104 Å². The average Bonchev–Trinajstić information content (AvgIpc) is 2.39. The van der Waals surface area contributed by atoms with Crippen LogP contribution in [0.1, 0.15) is 49.1 Å². The van der Waals surface area contributed by atoms with Gasteiger partial charge in [-0.05, 0) is 49.3 Å². The van der Waals surface area contributed by atoms with Crippen molar-refractivity contribution in [3.63, 3.8) is 0 Å². The number of benzene rings is 1. The van der Waals surface area contributed by atoms with Crippen LogP contribution in [0.25, 0.3) is 0 Å². The maximum absolute atomic E-state index is 2.69. The van der Waals surface area contributed by atoms with Gasteiger partial charge >= 0.3 is 0 Å². The van der Waals surface area contributed by atoms with Crippen LogP contribution in [0.4, 0.5) is 0 Å². The van der Waals surface area contributed by atoms with E-state index in [0.29, 0.717) is 5.54 Å². The van der Waals surface area contributed by atoms with Gasteiger partial charge in [0.25, 0.3) is 0 Å². The van der Waals surface area contributed by atoms with E-state index in [2.05, 4.69) is 36.2 Å². The van der Waals surface area contributed by atoms with Crippen molar-refractivity contribution < 1.29 is 0 Å². The van der Waals surface area contributed by atoms with E-state index in [-0.39, 0.29) is 0 Å². The summed E-state index contributed by atoms with van der Waals surface area (Å²) in [7, 11) is 2.36. The van der Waals surface area contributed by atoms with Crippen LogP contribution in [0, 0.1) is 5.92 Å². The summed E-state index contributed by atoms with van der Waals surface area (Å²) < 4.78 is 0. The second-order valence-electron chi connectivity index (χ2n) is 6.27. The molecule has 3 unspecified atom stereocenters. The van der Waals surface area contributed by atoms with E-state index in [9.17, 15) is 0 Å². The Balaban J connectivity index is 1.95. The topological polar surface area (TPSA) is 3.24 Å². The van der Waals surface area contributed by atoms with Gasteiger partial charge in [0.2, 0.25) is 0 Å². The normalized spacial score (nSPS) is 39.8. The minimum Gasteiger partial charge on any atom is -0.296 e. The standard InChI is InChI=1S/C16H21N/c1-17-11-12-10-13-6-4-5-9-16(13,17)15-8-3-2-7-14(12)15/h2-3,7-8,12-13H,4-6,9-11H2,1H3. The van der Waals surface area contributed by atoms with Crippen molar-refractivity contribution in [1.82, 2.24) is 4.90 Å². The molecule has 2 aliphatic heterocycles. The molecule has 1 saturated heterocycles. The highest BCUT2D eigenvalue weighted by atomic mass is 15.2. The maximum Gasteiger partial charge on any atom is 0.0489 e. The van der Waals surface area contributed by atoms with Gasteiger partial charge in [-0.15, -0.1) is 0 Å². The smallest absolute Gasteiger partial charge is 0.0489 e. The monoisotopic (exact) mass is 227 g/mol. The first-order valence-corrected chi connectivity index (χ1v) is 7.13. The van der Waals surface area contributed by atoms with Gasteiger partial charge in [0.1, 0.15) is 0 Å². The zero-order valence-electron chi connectivity index (χ0n) is 10.7. The third kappa shape index (κ3) is 1.14. The van der Waals surface area contributed by atoms with Gasteiger partial charge in [0, 0.05) is 12.1 Å². The molecular formula is C16H21N. The van der Waals surface area contributed by atoms with Gasteiger partial charge in [0.05, 0.1) is 0 Å². The first kappa shape index (κ1) is 10.1. The molecule has 5 rings (SSSR count). The summed E-state index contributed by atoms with van der Waals surface area (Å²) in [6.45, 7) is 1.29. The molecule has 3 atom stereocenters. The summed E-state index contributed by atoms with van der Waals surface area (Å²) in [5.74, 6) is 1.73.